The van der Waals surface area contributed by atoms with Gasteiger partial charge in [-0.15, -0.1) is 11.3 Å². The Labute approximate surface area is 245 Å². The number of thiazole rings is 1. The summed E-state index contributed by atoms with van der Waals surface area (Å²) in [5, 5.41) is 23.5. The third kappa shape index (κ3) is 11.3. The number of aromatic nitrogens is 2. The van der Waals surface area contributed by atoms with Crippen LogP contribution in [-0.2, 0) is 9.59 Å². The second-order valence-electron chi connectivity index (χ2n) is 9.39. The highest BCUT2D eigenvalue weighted by molar-refractivity contribution is 7.17. The van der Waals surface area contributed by atoms with Crippen molar-refractivity contribution in [3.63, 3.8) is 0 Å². The normalized spacial score (nSPS) is 13.1. The predicted molar refractivity (Wildman–Crippen MR) is 144 cm³/mol. The standard InChI is InChI=1S/C21H27N5O2S.2C2HF3O2/c1-4-26(10-9-25(2)3)21(27)18-13-23-20(29-18)19-16-8-7-15(11-17(16)28-24-19)22-12-14-5-6-14;2*3-2(4,5)1(6)7/h7-8,11,13-14,22H,4-6,9-10,12H2,1-3H3;2*(H,6,7). The summed E-state index contributed by atoms with van der Waals surface area (Å²) < 4.78 is 69.0. The van der Waals surface area contributed by atoms with Gasteiger partial charge in [-0.1, -0.05) is 5.16 Å². The molecule has 11 nitrogen and oxygen atoms in total. The van der Waals surface area contributed by atoms with Gasteiger partial charge in [-0.25, -0.2) is 14.6 Å². The van der Waals surface area contributed by atoms with Crippen LogP contribution in [0.4, 0.5) is 32.0 Å². The Hall–Kier alpha value is -3.93. The number of amides is 1. The molecule has 0 radical (unpaired) electrons. The number of hydrogen-bond acceptors (Lipinski definition) is 9. The van der Waals surface area contributed by atoms with Crippen LogP contribution in [-0.4, -0.2) is 101 Å². The number of carbonyl (C=O) groups excluding carboxylic acids is 1. The second-order valence-corrected chi connectivity index (χ2v) is 10.4. The van der Waals surface area contributed by atoms with E-state index in [-0.39, 0.29) is 5.91 Å². The van der Waals surface area contributed by atoms with E-state index in [0.29, 0.717) is 28.7 Å². The molecule has 3 N–H and O–H groups in total. The number of carbonyl (C=O) groups is 3. The summed E-state index contributed by atoms with van der Waals surface area (Å²) in [6.45, 7) is 5.19. The SMILES string of the molecule is CCN(CCN(C)C)C(=O)c1cnc(-c2noc3cc(NCC4CC4)ccc23)s1.O=C(O)C(F)(F)F.O=C(O)C(F)(F)F. The predicted octanol–water partition coefficient (Wildman–Crippen LogP) is 5.06. The maximum absolute atomic E-state index is 12.8. The number of fused-ring (bicyclic) bond motifs is 1. The molecule has 43 heavy (non-hydrogen) atoms. The largest absolute Gasteiger partial charge is 0.490 e. The number of benzene rings is 1. The number of aliphatic carboxylic acids is 2. The average Bonchev–Trinajstić information content (AvgIpc) is 3.44. The van der Waals surface area contributed by atoms with Crippen molar-refractivity contribution in [2.24, 2.45) is 5.92 Å². The molecule has 3 aromatic rings. The zero-order valence-corrected chi connectivity index (χ0v) is 23.9. The van der Waals surface area contributed by atoms with E-state index in [9.17, 15) is 31.1 Å². The summed E-state index contributed by atoms with van der Waals surface area (Å²) in [7, 11) is 4.01. The van der Waals surface area contributed by atoms with Gasteiger partial charge in [0, 0.05) is 37.9 Å². The maximum Gasteiger partial charge on any atom is 0.490 e. The number of hydrogen-bond donors (Lipinski definition) is 3. The van der Waals surface area contributed by atoms with Crippen LogP contribution in [0.3, 0.4) is 0 Å². The molecular weight excluding hydrogens is 612 g/mol. The van der Waals surface area contributed by atoms with E-state index in [1.54, 1.807) is 6.20 Å². The van der Waals surface area contributed by atoms with E-state index >= 15 is 0 Å². The van der Waals surface area contributed by atoms with E-state index in [1.165, 1.54) is 24.2 Å². The lowest BCUT2D eigenvalue weighted by Crippen LogP contribution is -2.36. The molecule has 2 heterocycles. The number of nitrogens with zero attached hydrogens (tertiary/aromatic N) is 4. The summed E-state index contributed by atoms with van der Waals surface area (Å²) in [5.74, 6) is -4.69. The van der Waals surface area contributed by atoms with Crippen molar-refractivity contribution in [2.45, 2.75) is 32.1 Å². The maximum atomic E-state index is 12.8. The van der Waals surface area contributed by atoms with Crippen LogP contribution >= 0.6 is 11.3 Å². The van der Waals surface area contributed by atoms with Gasteiger partial charge in [0.25, 0.3) is 5.91 Å². The molecule has 18 heteroatoms. The highest BCUT2D eigenvalue weighted by Gasteiger charge is 2.38. The number of likely N-dealkylation sites (N-methyl/N-ethyl adjacent to an activating group) is 2. The third-order valence-corrected chi connectivity index (χ3v) is 6.65. The van der Waals surface area contributed by atoms with Crippen molar-refractivity contribution in [2.75, 3.05) is 45.6 Å². The average molecular weight is 642 g/mol. The topological polar surface area (TPSA) is 149 Å². The first-order valence-corrected chi connectivity index (χ1v) is 13.4. The Balaban J connectivity index is 0.000000384. The Kier molecular flexibility index (Phi) is 12.3. The van der Waals surface area contributed by atoms with E-state index in [1.807, 2.05) is 44.1 Å². The minimum atomic E-state index is -5.08. The number of anilines is 1. The van der Waals surface area contributed by atoms with Gasteiger partial charge >= 0.3 is 24.3 Å². The van der Waals surface area contributed by atoms with Crippen molar-refractivity contribution in [3.8, 4) is 10.7 Å². The van der Waals surface area contributed by atoms with Gasteiger partial charge in [0.05, 0.1) is 11.6 Å². The zero-order valence-electron chi connectivity index (χ0n) is 23.1. The van der Waals surface area contributed by atoms with Crippen LogP contribution in [0.1, 0.15) is 29.4 Å². The van der Waals surface area contributed by atoms with Crippen molar-refractivity contribution in [1.82, 2.24) is 19.9 Å². The van der Waals surface area contributed by atoms with Crippen molar-refractivity contribution >= 4 is 45.8 Å². The van der Waals surface area contributed by atoms with Crippen LogP contribution in [0.25, 0.3) is 21.7 Å². The molecule has 1 saturated carbocycles. The molecule has 0 unspecified atom stereocenters. The molecule has 4 rings (SSSR count). The van der Waals surface area contributed by atoms with Crippen LogP contribution in [0.5, 0.6) is 0 Å². The summed E-state index contributed by atoms with van der Waals surface area (Å²) in [5.41, 5.74) is 2.46. The lowest BCUT2D eigenvalue weighted by molar-refractivity contribution is -0.193. The van der Waals surface area contributed by atoms with Crippen molar-refractivity contribution < 1.29 is 55.5 Å². The first-order chi connectivity index (χ1) is 19.9. The minimum Gasteiger partial charge on any atom is -0.475 e. The second kappa shape index (κ2) is 15.0. The number of carboxylic acids is 2. The van der Waals surface area contributed by atoms with Crippen LogP contribution in [0.15, 0.2) is 28.9 Å². The van der Waals surface area contributed by atoms with E-state index in [4.69, 9.17) is 24.3 Å². The van der Waals surface area contributed by atoms with E-state index < -0.39 is 24.3 Å². The van der Waals surface area contributed by atoms with Gasteiger partial charge in [0.15, 0.2) is 5.58 Å². The van der Waals surface area contributed by atoms with Gasteiger partial charge < -0.3 is 29.9 Å². The summed E-state index contributed by atoms with van der Waals surface area (Å²) in [4.78, 5) is 39.6. The van der Waals surface area contributed by atoms with Crippen LogP contribution < -0.4 is 5.32 Å². The summed E-state index contributed by atoms with van der Waals surface area (Å²) in [6, 6.07) is 6.04. The fourth-order valence-corrected chi connectivity index (χ4v) is 4.03. The third-order valence-electron chi connectivity index (χ3n) is 5.65. The van der Waals surface area contributed by atoms with Gasteiger partial charge in [0.1, 0.15) is 15.6 Å². The fourth-order valence-electron chi connectivity index (χ4n) is 3.15. The number of rotatable bonds is 9. The van der Waals surface area contributed by atoms with E-state index in [0.717, 1.165) is 35.7 Å². The zero-order chi connectivity index (χ0) is 32.5. The molecule has 1 amide bonds. The van der Waals surface area contributed by atoms with Crippen LogP contribution in [0, 0.1) is 5.92 Å². The first-order valence-electron chi connectivity index (χ1n) is 12.6. The molecule has 0 aliphatic heterocycles. The Morgan fingerprint density at radius 3 is 2.12 bits per heavy atom. The van der Waals surface area contributed by atoms with Crippen LogP contribution in [0.2, 0.25) is 0 Å². The Morgan fingerprint density at radius 2 is 1.63 bits per heavy atom. The lowest BCUT2D eigenvalue weighted by atomic mass is 10.2. The highest BCUT2D eigenvalue weighted by atomic mass is 32.1. The fraction of sp³-hybridized carbons (Fsp3) is 0.480. The molecule has 0 bridgehead atoms. The molecular formula is C25H29F6N5O6S. The highest BCUT2D eigenvalue weighted by Crippen LogP contribution is 2.33. The quantitative estimate of drug-likeness (QED) is 0.271. The van der Waals surface area contributed by atoms with Gasteiger partial charge in [-0.3, -0.25) is 4.79 Å². The van der Waals surface area contributed by atoms with E-state index in [2.05, 4.69) is 20.4 Å². The van der Waals surface area contributed by atoms with Crippen molar-refractivity contribution in [1.29, 1.82) is 0 Å². The first kappa shape index (κ1) is 35.3. The molecule has 1 fully saturated rings. The smallest absolute Gasteiger partial charge is 0.475 e. The Bertz CT molecular complexity index is 1360. The molecule has 2 aromatic heterocycles. The molecule has 0 atom stereocenters. The molecule has 0 saturated heterocycles. The van der Waals surface area contributed by atoms with Gasteiger partial charge in [-0.2, -0.15) is 26.3 Å². The monoisotopic (exact) mass is 641 g/mol. The number of alkyl halides is 6. The Morgan fingerprint density at radius 1 is 1.05 bits per heavy atom. The molecule has 0 spiro atoms. The molecule has 238 valence electrons. The number of halogens is 6. The summed E-state index contributed by atoms with van der Waals surface area (Å²) >= 11 is 1.36. The number of carboxylic acid groups (broad SMARTS) is 2. The van der Waals surface area contributed by atoms with Gasteiger partial charge in [-0.05, 0) is 51.9 Å². The van der Waals surface area contributed by atoms with Gasteiger partial charge in [0.2, 0.25) is 0 Å². The lowest BCUT2D eigenvalue weighted by Gasteiger charge is -2.21. The molecule has 1 aliphatic rings. The molecule has 1 aliphatic carbocycles. The molecule has 1 aromatic carbocycles. The number of nitrogens with one attached hydrogen (secondary N) is 1. The van der Waals surface area contributed by atoms with Crippen molar-refractivity contribution in [3.05, 3.63) is 29.3 Å². The summed E-state index contributed by atoms with van der Waals surface area (Å²) in [6.07, 6.45) is -5.89. The minimum absolute atomic E-state index is 0.0115.